The number of aryl methyl sites for hydroxylation is 1. The first kappa shape index (κ1) is 18.4. The number of amides is 1. The maximum atomic E-state index is 12.8. The molecule has 0 spiro atoms. The molecule has 134 valence electrons. The monoisotopic (exact) mass is 407 g/mol. The molecule has 9 heteroatoms. The third-order valence-electron chi connectivity index (χ3n) is 3.58. The molecule has 0 unspecified atom stereocenters. The van der Waals surface area contributed by atoms with Crippen molar-refractivity contribution in [3.63, 3.8) is 0 Å². The first-order valence-electron chi connectivity index (χ1n) is 7.43. The fraction of sp³-hybridized carbons (Fsp3) is 0.0588. The number of nitrogens with zero attached hydrogens (tertiary/aromatic N) is 1. The summed E-state index contributed by atoms with van der Waals surface area (Å²) in [5.41, 5.74) is 6.97. The van der Waals surface area contributed by atoms with Crippen molar-refractivity contribution in [2.45, 2.75) is 16.8 Å². The van der Waals surface area contributed by atoms with Crippen molar-refractivity contribution in [2.24, 2.45) is 5.73 Å². The summed E-state index contributed by atoms with van der Waals surface area (Å²) in [6.07, 6.45) is 0. The topological polar surface area (TPSA) is 102 Å². The van der Waals surface area contributed by atoms with Crippen LogP contribution >= 0.6 is 22.9 Å². The van der Waals surface area contributed by atoms with E-state index in [4.69, 9.17) is 17.3 Å². The molecule has 0 bridgehead atoms. The third kappa shape index (κ3) is 3.57. The van der Waals surface area contributed by atoms with Crippen LogP contribution in [0.15, 0.2) is 58.5 Å². The number of benzene rings is 2. The van der Waals surface area contributed by atoms with Crippen LogP contribution in [0.3, 0.4) is 0 Å². The molecule has 2 aromatic carbocycles. The number of rotatable bonds is 5. The Kier molecular flexibility index (Phi) is 4.99. The van der Waals surface area contributed by atoms with Crippen LogP contribution in [-0.2, 0) is 9.84 Å². The van der Waals surface area contributed by atoms with E-state index in [1.54, 1.807) is 36.4 Å². The molecule has 0 atom stereocenters. The maximum Gasteiger partial charge on any atom is 0.250 e. The van der Waals surface area contributed by atoms with Gasteiger partial charge in [0, 0.05) is 0 Å². The van der Waals surface area contributed by atoms with Gasteiger partial charge >= 0.3 is 0 Å². The smallest absolute Gasteiger partial charge is 0.250 e. The molecule has 0 saturated heterocycles. The summed E-state index contributed by atoms with van der Waals surface area (Å²) >= 11 is 7.09. The molecular formula is C17H14ClN3O3S2. The fourth-order valence-corrected chi connectivity index (χ4v) is 5.08. The highest BCUT2D eigenvalue weighted by molar-refractivity contribution is 7.91. The zero-order chi connectivity index (χ0) is 18.9. The minimum Gasteiger partial charge on any atom is -0.366 e. The number of sulfone groups is 1. The Labute approximate surface area is 159 Å². The summed E-state index contributed by atoms with van der Waals surface area (Å²) in [7, 11) is -3.85. The van der Waals surface area contributed by atoms with E-state index in [9.17, 15) is 13.2 Å². The van der Waals surface area contributed by atoms with Gasteiger partial charge < -0.3 is 11.1 Å². The molecule has 0 aliphatic carbocycles. The molecule has 0 radical (unpaired) electrons. The molecule has 0 saturated carbocycles. The summed E-state index contributed by atoms with van der Waals surface area (Å²) in [4.78, 5) is 15.7. The molecule has 1 amide bonds. The lowest BCUT2D eigenvalue weighted by atomic mass is 10.2. The minimum atomic E-state index is -3.85. The second-order valence-electron chi connectivity index (χ2n) is 5.45. The second-order valence-corrected chi connectivity index (χ2v) is 8.92. The van der Waals surface area contributed by atoms with Gasteiger partial charge in [-0.3, -0.25) is 4.79 Å². The largest absolute Gasteiger partial charge is 0.366 e. The average Bonchev–Trinajstić information content (AvgIpc) is 2.96. The number of hydrogen-bond acceptors (Lipinski definition) is 6. The normalized spacial score (nSPS) is 11.3. The lowest BCUT2D eigenvalue weighted by Crippen LogP contribution is -2.13. The zero-order valence-electron chi connectivity index (χ0n) is 13.6. The van der Waals surface area contributed by atoms with E-state index in [1.165, 1.54) is 12.1 Å². The predicted molar refractivity (Wildman–Crippen MR) is 102 cm³/mol. The molecule has 26 heavy (non-hydrogen) atoms. The highest BCUT2D eigenvalue weighted by Crippen LogP contribution is 2.36. The number of para-hydroxylation sites is 1. The van der Waals surface area contributed by atoms with Gasteiger partial charge in [-0.2, -0.15) is 0 Å². The Morgan fingerprint density at radius 1 is 1.15 bits per heavy atom. The number of hydrogen-bond donors (Lipinski definition) is 2. The van der Waals surface area contributed by atoms with Crippen molar-refractivity contribution in [1.82, 2.24) is 4.98 Å². The Morgan fingerprint density at radius 3 is 2.46 bits per heavy atom. The number of aromatic nitrogens is 1. The summed E-state index contributed by atoms with van der Waals surface area (Å²) in [6.45, 7) is 1.87. The Hall–Kier alpha value is -2.42. The zero-order valence-corrected chi connectivity index (χ0v) is 16.0. The number of primary amides is 1. The third-order valence-corrected chi connectivity index (χ3v) is 6.69. The van der Waals surface area contributed by atoms with Gasteiger partial charge in [0.25, 0.3) is 5.91 Å². The van der Waals surface area contributed by atoms with E-state index in [1.807, 2.05) is 6.92 Å². The number of thiazole rings is 1. The van der Waals surface area contributed by atoms with Crippen molar-refractivity contribution in [3.05, 3.63) is 64.0 Å². The van der Waals surface area contributed by atoms with Gasteiger partial charge in [0.2, 0.25) is 9.84 Å². The Morgan fingerprint density at radius 2 is 1.81 bits per heavy atom. The number of halogens is 1. The lowest BCUT2D eigenvalue weighted by Gasteiger charge is -2.06. The van der Waals surface area contributed by atoms with E-state index in [0.717, 1.165) is 16.9 Å². The molecule has 3 aromatic rings. The van der Waals surface area contributed by atoms with Crippen LogP contribution in [0.25, 0.3) is 0 Å². The van der Waals surface area contributed by atoms with Crippen molar-refractivity contribution in [1.29, 1.82) is 0 Å². The molecule has 0 aliphatic rings. The molecule has 3 rings (SSSR count). The molecule has 0 aliphatic heterocycles. The van der Waals surface area contributed by atoms with Gasteiger partial charge in [0.1, 0.15) is 4.34 Å². The van der Waals surface area contributed by atoms with E-state index in [2.05, 4.69) is 10.3 Å². The first-order valence-corrected chi connectivity index (χ1v) is 10.1. The average molecular weight is 408 g/mol. The summed E-state index contributed by atoms with van der Waals surface area (Å²) < 4.78 is 25.6. The van der Waals surface area contributed by atoms with Crippen LogP contribution in [-0.4, -0.2) is 19.3 Å². The van der Waals surface area contributed by atoms with Crippen molar-refractivity contribution in [2.75, 3.05) is 5.32 Å². The van der Waals surface area contributed by atoms with E-state index >= 15 is 0 Å². The van der Waals surface area contributed by atoms with Crippen molar-refractivity contribution in [3.8, 4) is 0 Å². The van der Waals surface area contributed by atoms with E-state index < -0.39 is 15.7 Å². The standard InChI is InChI=1S/C17H14ClN3O3S2/c1-10-6-8-11(9-7-10)26(23,24)16-14(18)25-17(21-16)20-13-5-3-2-4-12(13)15(19)22/h2-9H,1H3,(H2,19,22)(H,20,21). The van der Waals surface area contributed by atoms with E-state index in [0.29, 0.717) is 5.69 Å². The highest BCUT2D eigenvalue weighted by atomic mass is 35.5. The SMILES string of the molecule is Cc1ccc(S(=O)(=O)c2nc(Nc3ccccc3C(N)=O)sc2Cl)cc1. The summed E-state index contributed by atoms with van der Waals surface area (Å²) in [6, 6.07) is 13.0. The van der Waals surface area contributed by atoms with Crippen LogP contribution < -0.4 is 11.1 Å². The van der Waals surface area contributed by atoms with Crippen LogP contribution in [0.4, 0.5) is 10.8 Å². The Balaban J connectivity index is 1.98. The summed E-state index contributed by atoms with van der Waals surface area (Å²) in [5.74, 6) is -0.608. The molecule has 3 N–H and O–H groups in total. The second kappa shape index (κ2) is 7.06. The lowest BCUT2D eigenvalue weighted by molar-refractivity contribution is 0.100. The van der Waals surface area contributed by atoms with Crippen molar-refractivity contribution >= 4 is 49.5 Å². The molecular weight excluding hydrogens is 394 g/mol. The van der Waals surface area contributed by atoms with Crippen LogP contribution in [0.2, 0.25) is 4.34 Å². The van der Waals surface area contributed by atoms with E-state index in [-0.39, 0.29) is 25.0 Å². The predicted octanol–water partition coefficient (Wildman–Crippen LogP) is 3.78. The van der Waals surface area contributed by atoms with Gasteiger partial charge in [0.15, 0.2) is 10.2 Å². The molecule has 6 nitrogen and oxygen atoms in total. The molecule has 0 fully saturated rings. The highest BCUT2D eigenvalue weighted by Gasteiger charge is 2.26. The Bertz CT molecular complexity index is 1080. The minimum absolute atomic E-state index is 0.0321. The quantitative estimate of drug-likeness (QED) is 0.670. The first-order chi connectivity index (χ1) is 12.3. The van der Waals surface area contributed by atoms with Gasteiger partial charge in [0.05, 0.1) is 16.1 Å². The van der Waals surface area contributed by atoms with Crippen molar-refractivity contribution < 1.29 is 13.2 Å². The summed E-state index contributed by atoms with van der Waals surface area (Å²) in [5, 5.41) is 2.92. The number of nitrogens with one attached hydrogen (secondary N) is 1. The van der Waals surface area contributed by atoms with Gasteiger partial charge in [-0.05, 0) is 31.2 Å². The number of carbonyl (C=O) groups excluding carboxylic acids is 1. The van der Waals surface area contributed by atoms with Gasteiger partial charge in [-0.15, -0.1) is 0 Å². The van der Waals surface area contributed by atoms with Gasteiger partial charge in [-0.1, -0.05) is 52.8 Å². The maximum absolute atomic E-state index is 12.8. The number of carbonyl (C=O) groups is 1. The molecule has 1 heterocycles. The van der Waals surface area contributed by atoms with Gasteiger partial charge in [-0.25, -0.2) is 13.4 Å². The van der Waals surface area contributed by atoms with Crippen LogP contribution in [0.5, 0.6) is 0 Å². The van der Waals surface area contributed by atoms with Crippen LogP contribution in [0.1, 0.15) is 15.9 Å². The fourth-order valence-electron chi connectivity index (χ4n) is 2.26. The number of anilines is 2. The molecule has 1 aromatic heterocycles. The number of nitrogens with two attached hydrogens (primary N) is 1. The van der Waals surface area contributed by atoms with Crippen LogP contribution in [0, 0.1) is 6.92 Å².